The number of carbonyl (C=O) groups is 1. The standard InChI is InChI=1S/C7H4BrClN2O6S/c8-6-4(11(13)14)2-1-3-5(6)17-7(12)10-18(9,15)16/h1-3H,(H,10,12). The molecule has 0 fully saturated rings. The van der Waals surface area contributed by atoms with E-state index in [9.17, 15) is 23.3 Å². The molecule has 0 spiro atoms. The highest BCUT2D eigenvalue weighted by atomic mass is 79.9. The van der Waals surface area contributed by atoms with Gasteiger partial charge >= 0.3 is 15.3 Å². The van der Waals surface area contributed by atoms with Gasteiger partial charge in [-0.15, -0.1) is 0 Å². The largest absolute Gasteiger partial charge is 0.427 e. The lowest BCUT2D eigenvalue weighted by Crippen LogP contribution is -2.29. The van der Waals surface area contributed by atoms with E-state index in [1.165, 1.54) is 22.9 Å². The van der Waals surface area contributed by atoms with Gasteiger partial charge in [0.05, 0.1) is 4.92 Å². The van der Waals surface area contributed by atoms with Crippen molar-refractivity contribution in [2.75, 3.05) is 0 Å². The van der Waals surface area contributed by atoms with E-state index < -0.39 is 20.3 Å². The molecule has 0 bridgehead atoms. The van der Waals surface area contributed by atoms with Gasteiger partial charge < -0.3 is 4.74 Å². The van der Waals surface area contributed by atoms with Gasteiger partial charge in [0.1, 0.15) is 4.47 Å². The van der Waals surface area contributed by atoms with Gasteiger partial charge in [-0.1, -0.05) is 6.07 Å². The van der Waals surface area contributed by atoms with Crippen molar-refractivity contribution >= 4 is 47.6 Å². The van der Waals surface area contributed by atoms with Gasteiger partial charge in [-0.2, -0.15) is 8.42 Å². The van der Waals surface area contributed by atoms with Gasteiger partial charge in [0.2, 0.25) is 0 Å². The fourth-order valence-electron chi connectivity index (χ4n) is 0.939. The summed E-state index contributed by atoms with van der Waals surface area (Å²) in [5.74, 6) is -0.220. The fourth-order valence-corrected chi connectivity index (χ4v) is 1.86. The second-order valence-electron chi connectivity index (χ2n) is 2.78. The van der Waals surface area contributed by atoms with Crippen LogP contribution in [0, 0.1) is 10.1 Å². The maximum atomic E-state index is 11.1. The Bertz CT molecular complexity index is 604. The SMILES string of the molecule is O=C(NS(=O)(=O)Cl)Oc1cccc([N+](=O)[O-])c1Br. The van der Waals surface area contributed by atoms with Crippen LogP contribution in [-0.4, -0.2) is 19.4 Å². The number of hydrogen-bond acceptors (Lipinski definition) is 6. The summed E-state index contributed by atoms with van der Waals surface area (Å²) >= 11 is 2.86. The average molecular weight is 360 g/mol. The van der Waals surface area contributed by atoms with Gasteiger partial charge in [-0.05, 0) is 22.0 Å². The third kappa shape index (κ3) is 4.13. The molecule has 0 aliphatic rings. The maximum absolute atomic E-state index is 11.1. The normalized spacial score (nSPS) is 10.8. The van der Waals surface area contributed by atoms with Crippen LogP contribution in [0.15, 0.2) is 22.7 Å². The van der Waals surface area contributed by atoms with E-state index >= 15 is 0 Å². The van der Waals surface area contributed by atoms with Crippen LogP contribution in [0.25, 0.3) is 0 Å². The topological polar surface area (TPSA) is 116 Å². The quantitative estimate of drug-likeness (QED) is 0.501. The molecular weight excluding hydrogens is 356 g/mol. The molecule has 0 aromatic heterocycles. The lowest BCUT2D eigenvalue weighted by atomic mass is 10.3. The number of rotatable bonds is 3. The Labute approximate surface area is 114 Å². The highest BCUT2D eigenvalue weighted by molar-refractivity contribution is 9.10. The summed E-state index contributed by atoms with van der Waals surface area (Å²) < 4.78 is 26.8. The first-order valence-electron chi connectivity index (χ1n) is 4.08. The number of halogens is 2. The van der Waals surface area contributed by atoms with E-state index in [0.29, 0.717) is 0 Å². The zero-order chi connectivity index (χ0) is 13.9. The van der Waals surface area contributed by atoms with Crippen molar-refractivity contribution in [3.05, 3.63) is 32.8 Å². The smallest absolute Gasteiger partial charge is 0.408 e. The van der Waals surface area contributed by atoms with Crippen molar-refractivity contribution in [1.82, 2.24) is 4.72 Å². The van der Waals surface area contributed by atoms with Crippen LogP contribution in [0.4, 0.5) is 10.5 Å². The monoisotopic (exact) mass is 358 g/mol. The van der Waals surface area contributed by atoms with Crippen molar-refractivity contribution in [2.24, 2.45) is 0 Å². The third-order valence-electron chi connectivity index (χ3n) is 1.55. The van der Waals surface area contributed by atoms with Crippen LogP contribution < -0.4 is 9.46 Å². The van der Waals surface area contributed by atoms with Crippen LogP contribution >= 0.6 is 26.6 Å². The molecule has 0 radical (unpaired) electrons. The van der Waals surface area contributed by atoms with E-state index in [1.54, 1.807) is 0 Å². The van der Waals surface area contributed by atoms with E-state index in [0.717, 1.165) is 0 Å². The van der Waals surface area contributed by atoms with E-state index in [2.05, 4.69) is 20.7 Å². The molecule has 1 aromatic carbocycles. The Balaban J connectivity index is 2.96. The van der Waals surface area contributed by atoms with Gasteiger partial charge in [-0.3, -0.25) is 10.1 Å². The summed E-state index contributed by atoms with van der Waals surface area (Å²) in [5.41, 5.74) is -0.339. The fraction of sp³-hybridized carbons (Fsp3) is 0. The lowest BCUT2D eigenvalue weighted by Gasteiger charge is -2.05. The van der Waals surface area contributed by atoms with Crippen molar-refractivity contribution in [1.29, 1.82) is 0 Å². The second kappa shape index (κ2) is 5.50. The molecule has 0 atom stereocenters. The Morgan fingerprint density at radius 2 is 2.11 bits per heavy atom. The van der Waals surface area contributed by atoms with Gasteiger partial charge in [0.25, 0.3) is 5.69 Å². The molecule has 18 heavy (non-hydrogen) atoms. The Kier molecular flexibility index (Phi) is 4.48. The first kappa shape index (κ1) is 14.7. The number of ether oxygens (including phenoxy) is 1. The molecule has 1 amide bonds. The highest BCUT2D eigenvalue weighted by Gasteiger charge is 2.19. The summed E-state index contributed by atoms with van der Waals surface area (Å²) in [6.07, 6.45) is -1.38. The van der Waals surface area contributed by atoms with E-state index in [-0.39, 0.29) is 15.9 Å². The van der Waals surface area contributed by atoms with Crippen LogP contribution in [0.2, 0.25) is 0 Å². The summed E-state index contributed by atoms with van der Waals surface area (Å²) in [4.78, 5) is 21.0. The first-order chi connectivity index (χ1) is 8.20. The van der Waals surface area contributed by atoms with Crippen LogP contribution in [-0.2, 0) is 9.24 Å². The van der Waals surface area contributed by atoms with Crippen molar-refractivity contribution in [3.63, 3.8) is 0 Å². The Morgan fingerprint density at radius 3 is 2.61 bits per heavy atom. The number of nitrogens with one attached hydrogen (secondary N) is 1. The van der Waals surface area contributed by atoms with Crippen LogP contribution in [0.1, 0.15) is 0 Å². The van der Waals surface area contributed by atoms with Crippen molar-refractivity contribution in [2.45, 2.75) is 0 Å². The molecule has 98 valence electrons. The minimum Gasteiger partial charge on any atom is -0.408 e. The lowest BCUT2D eigenvalue weighted by molar-refractivity contribution is -0.385. The molecular formula is C7H4BrClN2O6S. The zero-order valence-corrected chi connectivity index (χ0v) is 11.5. The summed E-state index contributed by atoms with van der Waals surface area (Å²) in [6.45, 7) is 0. The number of carbonyl (C=O) groups excluding carboxylic acids is 1. The number of nitro benzene ring substituents is 1. The molecule has 0 aliphatic heterocycles. The average Bonchev–Trinajstić information content (AvgIpc) is 2.17. The third-order valence-corrected chi connectivity index (χ3v) is 2.99. The van der Waals surface area contributed by atoms with Crippen LogP contribution in [0.3, 0.4) is 0 Å². The zero-order valence-electron chi connectivity index (χ0n) is 8.29. The number of hydrogen-bond donors (Lipinski definition) is 1. The second-order valence-corrected chi connectivity index (χ2v) is 5.87. The van der Waals surface area contributed by atoms with Crippen molar-refractivity contribution in [3.8, 4) is 5.75 Å². The predicted octanol–water partition coefficient (Wildman–Crippen LogP) is 1.93. The molecule has 0 unspecified atom stereocenters. The maximum Gasteiger partial charge on any atom is 0.427 e. The summed E-state index contributed by atoms with van der Waals surface area (Å²) in [5, 5.41) is 10.6. The molecule has 1 N–H and O–H groups in total. The molecule has 8 nitrogen and oxygen atoms in total. The minimum atomic E-state index is -4.28. The van der Waals surface area contributed by atoms with Crippen LogP contribution in [0.5, 0.6) is 5.75 Å². The van der Waals surface area contributed by atoms with Gasteiger partial charge in [0.15, 0.2) is 5.75 Å². The summed E-state index contributed by atoms with van der Waals surface area (Å²) in [7, 11) is 0.472. The predicted molar refractivity (Wildman–Crippen MR) is 64.7 cm³/mol. The number of amides is 1. The molecule has 1 aromatic rings. The molecule has 0 saturated heterocycles. The Hall–Kier alpha value is -1.39. The summed E-state index contributed by atoms with van der Waals surface area (Å²) in [6, 6.07) is 3.67. The highest BCUT2D eigenvalue weighted by Crippen LogP contribution is 2.33. The van der Waals surface area contributed by atoms with E-state index in [4.69, 9.17) is 10.7 Å². The molecule has 0 heterocycles. The number of nitro groups is 1. The van der Waals surface area contributed by atoms with Gasteiger partial charge in [0, 0.05) is 16.7 Å². The molecule has 0 saturated carbocycles. The van der Waals surface area contributed by atoms with Gasteiger partial charge in [-0.25, -0.2) is 9.52 Å². The Morgan fingerprint density at radius 1 is 1.50 bits per heavy atom. The van der Waals surface area contributed by atoms with Crippen molar-refractivity contribution < 1.29 is 22.9 Å². The molecule has 0 aliphatic carbocycles. The minimum absolute atomic E-state index is 0.0999. The molecule has 11 heteroatoms. The van der Waals surface area contributed by atoms with E-state index in [1.807, 2.05) is 0 Å². The molecule has 1 rings (SSSR count). The first-order valence-corrected chi connectivity index (χ1v) is 7.18. The number of nitrogens with zero attached hydrogens (tertiary/aromatic N) is 1. The number of benzene rings is 1.